The Balaban J connectivity index is 1.45. The van der Waals surface area contributed by atoms with Crippen molar-refractivity contribution in [1.29, 1.82) is 0 Å². The number of aromatic nitrogens is 1. The number of hydrogen-bond donors (Lipinski definition) is 2. The van der Waals surface area contributed by atoms with Gasteiger partial charge in [-0.15, -0.1) is 11.3 Å². The van der Waals surface area contributed by atoms with Crippen LogP contribution in [0.25, 0.3) is 0 Å². The average molecular weight is 376 g/mol. The third-order valence-electron chi connectivity index (χ3n) is 4.09. The summed E-state index contributed by atoms with van der Waals surface area (Å²) in [5.74, 6) is 0.615. The number of nitrogens with two attached hydrogens (primary N) is 1. The summed E-state index contributed by atoms with van der Waals surface area (Å²) >= 11 is 1.39. The fourth-order valence-corrected chi connectivity index (χ4v) is 3.30. The Kier molecular flexibility index (Phi) is 6.96. The predicted molar refractivity (Wildman–Crippen MR) is 100 cm³/mol. The fourth-order valence-electron chi connectivity index (χ4n) is 2.64. The summed E-state index contributed by atoms with van der Waals surface area (Å²) in [6, 6.07) is 7.77. The van der Waals surface area contributed by atoms with Gasteiger partial charge in [0.25, 0.3) is 5.91 Å². The van der Waals surface area contributed by atoms with Crippen LogP contribution in [-0.2, 0) is 17.8 Å². The largest absolute Gasteiger partial charge is 0.492 e. The Labute approximate surface area is 157 Å². The Morgan fingerprint density at radius 3 is 3.00 bits per heavy atom. The number of benzene rings is 1. The van der Waals surface area contributed by atoms with Gasteiger partial charge in [0.05, 0.1) is 13.2 Å². The molecule has 0 atom stereocenters. The lowest BCUT2D eigenvalue weighted by atomic mass is 10.2. The van der Waals surface area contributed by atoms with E-state index in [1.165, 1.54) is 11.3 Å². The molecule has 3 N–H and O–H groups in total. The van der Waals surface area contributed by atoms with Crippen LogP contribution in [0.5, 0.6) is 5.75 Å². The zero-order valence-electron chi connectivity index (χ0n) is 14.6. The van der Waals surface area contributed by atoms with E-state index in [9.17, 15) is 4.79 Å². The minimum atomic E-state index is -0.195. The Bertz CT molecular complexity index is 716. The third kappa shape index (κ3) is 5.50. The molecule has 0 saturated carbocycles. The van der Waals surface area contributed by atoms with Crippen molar-refractivity contribution in [3.05, 3.63) is 45.9 Å². The van der Waals surface area contributed by atoms with E-state index in [0.29, 0.717) is 25.4 Å². The lowest BCUT2D eigenvalue weighted by Gasteiger charge is -2.26. The standard InChI is InChI=1S/C18H24N4O3S/c19-11-17-21-16(13-26-17)18(23)20-12-14-2-1-3-15(10-14)25-9-6-22-4-7-24-8-5-22/h1-3,10,13H,4-9,11-12,19H2,(H,20,23). The summed E-state index contributed by atoms with van der Waals surface area (Å²) < 4.78 is 11.2. The molecule has 7 nitrogen and oxygen atoms in total. The van der Waals surface area contributed by atoms with Gasteiger partial charge in [-0.3, -0.25) is 9.69 Å². The number of hydrogen-bond acceptors (Lipinski definition) is 7. The minimum Gasteiger partial charge on any atom is -0.492 e. The Hall–Kier alpha value is -2.00. The maximum absolute atomic E-state index is 12.1. The molecule has 3 rings (SSSR count). The summed E-state index contributed by atoms with van der Waals surface area (Å²) in [7, 11) is 0. The van der Waals surface area contributed by atoms with Gasteiger partial charge in [-0.2, -0.15) is 0 Å². The van der Waals surface area contributed by atoms with E-state index in [2.05, 4.69) is 15.2 Å². The smallest absolute Gasteiger partial charge is 0.271 e. The van der Waals surface area contributed by atoms with E-state index < -0.39 is 0 Å². The van der Waals surface area contributed by atoms with E-state index in [4.69, 9.17) is 15.2 Å². The first-order valence-electron chi connectivity index (χ1n) is 8.69. The zero-order chi connectivity index (χ0) is 18.2. The first-order chi connectivity index (χ1) is 12.7. The highest BCUT2D eigenvalue weighted by Crippen LogP contribution is 2.14. The number of thiazole rings is 1. The normalized spacial score (nSPS) is 15.0. The van der Waals surface area contributed by atoms with Gasteiger partial charge in [-0.05, 0) is 17.7 Å². The first kappa shape index (κ1) is 18.8. The number of nitrogens with one attached hydrogen (secondary N) is 1. The predicted octanol–water partition coefficient (Wildman–Crippen LogP) is 1.24. The first-order valence-corrected chi connectivity index (χ1v) is 9.57. The molecule has 1 fully saturated rings. The van der Waals surface area contributed by atoms with Crippen LogP contribution in [0.4, 0.5) is 0 Å². The van der Waals surface area contributed by atoms with Gasteiger partial charge in [0.2, 0.25) is 0 Å². The molecule has 8 heteroatoms. The van der Waals surface area contributed by atoms with Crippen molar-refractivity contribution in [3.8, 4) is 5.75 Å². The van der Waals surface area contributed by atoms with Crippen molar-refractivity contribution < 1.29 is 14.3 Å². The second kappa shape index (κ2) is 9.63. The molecular formula is C18H24N4O3S. The fraction of sp³-hybridized carbons (Fsp3) is 0.444. The molecule has 1 amide bonds. The van der Waals surface area contributed by atoms with Gasteiger partial charge in [0.15, 0.2) is 0 Å². The van der Waals surface area contributed by atoms with Crippen LogP contribution in [0.1, 0.15) is 21.1 Å². The molecule has 26 heavy (non-hydrogen) atoms. The van der Waals surface area contributed by atoms with Crippen molar-refractivity contribution in [2.75, 3.05) is 39.5 Å². The molecule has 2 heterocycles. The summed E-state index contributed by atoms with van der Waals surface area (Å²) in [4.78, 5) is 18.6. The second-order valence-corrected chi connectivity index (χ2v) is 6.91. The summed E-state index contributed by atoms with van der Waals surface area (Å²) in [6.07, 6.45) is 0. The molecular weight excluding hydrogens is 352 g/mol. The Morgan fingerprint density at radius 2 is 2.23 bits per heavy atom. The highest BCUT2D eigenvalue weighted by atomic mass is 32.1. The van der Waals surface area contributed by atoms with Crippen LogP contribution < -0.4 is 15.8 Å². The van der Waals surface area contributed by atoms with Crippen LogP contribution in [-0.4, -0.2) is 55.2 Å². The topological polar surface area (TPSA) is 89.7 Å². The molecule has 1 saturated heterocycles. The summed E-state index contributed by atoms with van der Waals surface area (Å²) in [6.45, 7) is 5.79. The molecule has 140 valence electrons. The number of ether oxygens (including phenoxy) is 2. The monoisotopic (exact) mass is 376 g/mol. The molecule has 0 spiro atoms. The molecule has 0 unspecified atom stereocenters. The quantitative estimate of drug-likeness (QED) is 0.721. The molecule has 2 aromatic rings. The minimum absolute atomic E-state index is 0.195. The number of nitrogens with zero attached hydrogens (tertiary/aromatic N) is 2. The molecule has 0 aliphatic carbocycles. The Morgan fingerprint density at radius 1 is 1.38 bits per heavy atom. The maximum atomic E-state index is 12.1. The average Bonchev–Trinajstić information content (AvgIpc) is 3.17. The van der Waals surface area contributed by atoms with E-state index in [-0.39, 0.29) is 5.91 Å². The van der Waals surface area contributed by atoms with E-state index in [1.807, 2.05) is 24.3 Å². The van der Waals surface area contributed by atoms with Crippen LogP contribution in [0, 0.1) is 0 Å². The number of rotatable bonds is 8. The van der Waals surface area contributed by atoms with Crippen LogP contribution in [0.2, 0.25) is 0 Å². The highest BCUT2D eigenvalue weighted by molar-refractivity contribution is 7.09. The zero-order valence-corrected chi connectivity index (χ0v) is 15.5. The van der Waals surface area contributed by atoms with Crippen molar-refractivity contribution >= 4 is 17.2 Å². The third-order valence-corrected chi connectivity index (χ3v) is 4.96. The molecule has 1 aliphatic rings. The summed E-state index contributed by atoms with van der Waals surface area (Å²) in [5.41, 5.74) is 6.92. The van der Waals surface area contributed by atoms with Crippen molar-refractivity contribution in [1.82, 2.24) is 15.2 Å². The molecule has 0 bridgehead atoms. The number of carbonyl (C=O) groups excluding carboxylic acids is 1. The lowest BCUT2D eigenvalue weighted by molar-refractivity contribution is 0.0322. The van der Waals surface area contributed by atoms with Crippen LogP contribution >= 0.6 is 11.3 Å². The van der Waals surface area contributed by atoms with Gasteiger partial charge in [0, 0.05) is 38.1 Å². The second-order valence-electron chi connectivity index (χ2n) is 5.96. The highest BCUT2D eigenvalue weighted by Gasteiger charge is 2.11. The SMILES string of the molecule is NCc1nc(C(=O)NCc2cccc(OCCN3CCOCC3)c2)cs1. The number of amides is 1. The van der Waals surface area contributed by atoms with Gasteiger partial charge in [-0.1, -0.05) is 12.1 Å². The number of morpholine rings is 1. The van der Waals surface area contributed by atoms with Crippen LogP contribution in [0.3, 0.4) is 0 Å². The van der Waals surface area contributed by atoms with Crippen LogP contribution in [0.15, 0.2) is 29.6 Å². The maximum Gasteiger partial charge on any atom is 0.271 e. The van der Waals surface area contributed by atoms with Gasteiger partial charge in [0.1, 0.15) is 23.1 Å². The molecule has 0 radical (unpaired) electrons. The van der Waals surface area contributed by atoms with Gasteiger partial charge < -0.3 is 20.5 Å². The van der Waals surface area contributed by atoms with Crippen molar-refractivity contribution in [2.24, 2.45) is 5.73 Å². The van der Waals surface area contributed by atoms with Gasteiger partial charge in [-0.25, -0.2) is 4.98 Å². The van der Waals surface area contributed by atoms with Crippen molar-refractivity contribution in [2.45, 2.75) is 13.1 Å². The van der Waals surface area contributed by atoms with E-state index in [1.54, 1.807) is 5.38 Å². The van der Waals surface area contributed by atoms with E-state index in [0.717, 1.165) is 49.2 Å². The number of carbonyl (C=O) groups is 1. The lowest BCUT2D eigenvalue weighted by Crippen LogP contribution is -2.38. The van der Waals surface area contributed by atoms with Crippen molar-refractivity contribution in [3.63, 3.8) is 0 Å². The molecule has 1 aromatic carbocycles. The molecule has 1 aliphatic heterocycles. The summed E-state index contributed by atoms with van der Waals surface area (Å²) in [5, 5.41) is 5.35. The molecule has 1 aromatic heterocycles. The van der Waals surface area contributed by atoms with Gasteiger partial charge >= 0.3 is 0 Å². The van der Waals surface area contributed by atoms with E-state index >= 15 is 0 Å².